The molecular formula is C29H42N4O5S. The molecule has 2 aliphatic heterocycles. The highest BCUT2D eigenvalue weighted by Crippen LogP contribution is 2.36. The van der Waals surface area contributed by atoms with Gasteiger partial charge in [0.15, 0.2) is 0 Å². The van der Waals surface area contributed by atoms with E-state index < -0.39 is 10.0 Å². The molecule has 2 aromatic rings. The maximum absolute atomic E-state index is 13.8. The molecule has 0 spiro atoms. The van der Waals surface area contributed by atoms with Crippen LogP contribution in [-0.2, 0) is 16.6 Å². The summed E-state index contributed by atoms with van der Waals surface area (Å²) >= 11 is 0. The number of amides is 1. The Morgan fingerprint density at radius 3 is 2.18 bits per heavy atom. The predicted octanol–water partition coefficient (Wildman–Crippen LogP) is 3.50. The van der Waals surface area contributed by atoms with Crippen molar-refractivity contribution in [2.45, 2.75) is 63.4 Å². The number of sulfonamides is 1. The second kappa shape index (κ2) is 12.0. The Kier molecular flexibility index (Phi) is 8.66. The zero-order valence-electron chi connectivity index (χ0n) is 23.5. The fourth-order valence-electron chi connectivity index (χ4n) is 5.94. The van der Waals surface area contributed by atoms with Crippen molar-refractivity contribution in [1.29, 1.82) is 0 Å². The number of likely N-dealkylation sites (tertiary alicyclic amines) is 1. The summed E-state index contributed by atoms with van der Waals surface area (Å²) in [6.07, 6.45) is 6.95. The standard InChI is InChI=1S/C29H42N4O5S/c1-22-17-26(37-3)18-23(2)28(22)39(35,36)33(25-7-8-25)20-27-19-24(21-38-27)29(34)32-15-13-31(14-16-32)12-6-11-30-9-4-5-10-30/h17-19,21,25H,4-16,20H2,1-3H3. The van der Waals surface area contributed by atoms with Crippen LogP contribution in [0.4, 0.5) is 0 Å². The Morgan fingerprint density at radius 1 is 0.974 bits per heavy atom. The monoisotopic (exact) mass is 558 g/mol. The van der Waals surface area contributed by atoms with Gasteiger partial charge in [-0.3, -0.25) is 9.69 Å². The maximum Gasteiger partial charge on any atom is 0.257 e. The van der Waals surface area contributed by atoms with Crippen LogP contribution in [0.1, 0.15) is 59.3 Å². The molecule has 5 rings (SSSR count). The zero-order valence-corrected chi connectivity index (χ0v) is 24.3. The summed E-state index contributed by atoms with van der Waals surface area (Å²) in [7, 11) is -2.18. The third kappa shape index (κ3) is 6.51. The lowest BCUT2D eigenvalue weighted by molar-refractivity contribution is 0.0632. The van der Waals surface area contributed by atoms with E-state index in [1.165, 1.54) is 49.5 Å². The fourth-order valence-corrected chi connectivity index (χ4v) is 8.00. The summed E-state index contributed by atoms with van der Waals surface area (Å²) in [6.45, 7) is 11.6. The van der Waals surface area contributed by atoms with E-state index in [2.05, 4.69) is 9.80 Å². The van der Waals surface area contributed by atoms with Gasteiger partial charge >= 0.3 is 0 Å². The van der Waals surface area contributed by atoms with E-state index in [1.807, 2.05) is 4.90 Å². The highest BCUT2D eigenvalue weighted by molar-refractivity contribution is 7.89. The molecule has 1 aromatic carbocycles. The number of furan rings is 1. The molecule has 0 bridgehead atoms. The third-order valence-corrected chi connectivity index (χ3v) is 10.4. The van der Waals surface area contributed by atoms with Crippen molar-refractivity contribution in [3.8, 4) is 5.75 Å². The van der Waals surface area contributed by atoms with Crippen molar-refractivity contribution in [3.63, 3.8) is 0 Å². The molecule has 1 amide bonds. The van der Waals surface area contributed by atoms with Gasteiger partial charge in [-0.2, -0.15) is 4.31 Å². The van der Waals surface area contributed by atoms with Crippen molar-refractivity contribution in [3.05, 3.63) is 46.9 Å². The van der Waals surface area contributed by atoms with Gasteiger partial charge in [0.25, 0.3) is 5.91 Å². The first-order valence-corrected chi connectivity index (χ1v) is 15.7. The minimum Gasteiger partial charge on any atom is -0.497 e. The number of ether oxygens (including phenoxy) is 1. The van der Waals surface area contributed by atoms with Crippen LogP contribution >= 0.6 is 0 Å². The Balaban J connectivity index is 1.19. The lowest BCUT2D eigenvalue weighted by Crippen LogP contribution is -2.49. The van der Waals surface area contributed by atoms with Crippen molar-refractivity contribution in [1.82, 2.24) is 19.0 Å². The maximum atomic E-state index is 13.8. The highest BCUT2D eigenvalue weighted by atomic mass is 32.2. The summed E-state index contributed by atoms with van der Waals surface area (Å²) in [4.78, 5) is 20.4. The molecule has 214 valence electrons. The van der Waals surface area contributed by atoms with E-state index in [0.717, 1.165) is 32.5 Å². The Hall–Kier alpha value is -2.40. The second-order valence-corrected chi connectivity index (χ2v) is 13.0. The zero-order chi connectivity index (χ0) is 27.6. The van der Waals surface area contributed by atoms with Crippen molar-refractivity contribution in [2.24, 2.45) is 0 Å². The number of methoxy groups -OCH3 is 1. The molecule has 1 saturated carbocycles. The number of carbonyl (C=O) groups excluding carboxylic acids is 1. The Labute approximate surface area is 232 Å². The topological polar surface area (TPSA) is 86.5 Å². The van der Waals surface area contributed by atoms with Crippen LogP contribution in [0.15, 0.2) is 33.8 Å². The van der Waals surface area contributed by atoms with Crippen molar-refractivity contribution < 1.29 is 22.4 Å². The van der Waals surface area contributed by atoms with E-state index in [1.54, 1.807) is 39.2 Å². The van der Waals surface area contributed by atoms with E-state index in [4.69, 9.17) is 9.15 Å². The molecule has 0 atom stereocenters. The van der Waals surface area contributed by atoms with Crippen LogP contribution in [0.3, 0.4) is 0 Å². The third-order valence-electron chi connectivity index (χ3n) is 8.21. The van der Waals surface area contributed by atoms with Crippen LogP contribution in [0, 0.1) is 13.8 Å². The van der Waals surface area contributed by atoms with Gasteiger partial charge < -0.3 is 19.0 Å². The van der Waals surface area contributed by atoms with Gasteiger partial charge in [0.1, 0.15) is 17.8 Å². The van der Waals surface area contributed by atoms with Crippen LogP contribution in [0.5, 0.6) is 5.75 Å². The smallest absolute Gasteiger partial charge is 0.257 e. The average Bonchev–Trinajstić information content (AvgIpc) is 3.40. The summed E-state index contributed by atoms with van der Waals surface area (Å²) < 4.78 is 40.2. The largest absolute Gasteiger partial charge is 0.497 e. The average molecular weight is 559 g/mol. The first-order chi connectivity index (χ1) is 18.8. The molecule has 0 N–H and O–H groups in total. The van der Waals surface area contributed by atoms with Gasteiger partial charge in [-0.05, 0) is 101 Å². The van der Waals surface area contributed by atoms with Crippen LogP contribution in [0.2, 0.25) is 0 Å². The van der Waals surface area contributed by atoms with E-state index >= 15 is 0 Å². The SMILES string of the molecule is COc1cc(C)c(S(=O)(=O)N(Cc2cc(C(=O)N3CCN(CCCN4CCCC4)CC3)co2)C2CC2)c(C)c1. The molecule has 0 radical (unpaired) electrons. The lowest BCUT2D eigenvalue weighted by atomic mass is 10.1. The van der Waals surface area contributed by atoms with Gasteiger partial charge in [-0.25, -0.2) is 8.42 Å². The molecule has 3 heterocycles. The van der Waals surface area contributed by atoms with Crippen LogP contribution in [0.25, 0.3) is 0 Å². The number of carbonyl (C=O) groups is 1. The number of rotatable bonds is 11. The summed E-state index contributed by atoms with van der Waals surface area (Å²) in [6, 6.07) is 5.16. The predicted molar refractivity (Wildman–Crippen MR) is 150 cm³/mol. The van der Waals surface area contributed by atoms with Gasteiger partial charge in [-0.1, -0.05) is 0 Å². The number of hydrogen-bond donors (Lipinski definition) is 0. The summed E-state index contributed by atoms with van der Waals surface area (Å²) in [5.74, 6) is 1.07. The first-order valence-electron chi connectivity index (χ1n) is 14.2. The van der Waals surface area contributed by atoms with Gasteiger partial charge in [-0.15, -0.1) is 0 Å². The molecular weight excluding hydrogens is 516 g/mol. The molecule has 3 fully saturated rings. The molecule has 39 heavy (non-hydrogen) atoms. The number of aryl methyl sites for hydroxylation is 2. The summed E-state index contributed by atoms with van der Waals surface area (Å²) in [5.41, 5.74) is 1.79. The molecule has 0 unspecified atom stereocenters. The number of nitrogens with zero attached hydrogens (tertiary/aromatic N) is 4. The number of hydrogen-bond acceptors (Lipinski definition) is 7. The first kappa shape index (κ1) is 28.1. The highest BCUT2D eigenvalue weighted by Gasteiger charge is 2.40. The second-order valence-electron chi connectivity index (χ2n) is 11.2. The van der Waals surface area contributed by atoms with E-state index in [-0.39, 0.29) is 18.5 Å². The summed E-state index contributed by atoms with van der Waals surface area (Å²) in [5, 5.41) is 0. The molecule has 1 aromatic heterocycles. The molecule has 3 aliphatic rings. The van der Waals surface area contributed by atoms with E-state index in [9.17, 15) is 13.2 Å². The molecule has 1 aliphatic carbocycles. The Morgan fingerprint density at radius 2 is 1.59 bits per heavy atom. The van der Waals surface area contributed by atoms with Gasteiger partial charge in [0, 0.05) is 32.2 Å². The van der Waals surface area contributed by atoms with Crippen LogP contribution in [-0.4, -0.2) is 98.8 Å². The van der Waals surface area contributed by atoms with Crippen molar-refractivity contribution in [2.75, 3.05) is 59.5 Å². The van der Waals surface area contributed by atoms with Gasteiger partial charge in [0.2, 0.25) is 10.0 Å². The molecule has 9 nitrogen and oxygen atoms in total. The van der Waals surface area contributed by atoms with Crippen molar-refractivity contribution >= 4 is 15.9 Å². The minimum absolute atomic E-state index is 0.0515. The van der Waals surface area contributed by atoms with Gasteiger partial charge in [0.05, 0.1) is 24.1 Å². The quantitative estimate of drug-likeness (QED) is 0.417. The van der Waals surface area contributed by atoms with Crippen LogP contribution < -0.4 is 4.74 Å². The number of piperazine rings is 1. The molecule has 2 saturated heterocycles. The number of benzene rings is 1. The lowest BCUT2D eigenvalue weighted by Gasteiger charge is -2.34. The van der Waals surface area contributed by atoms with E-state index in [0.29, 0.717) is 46.2 Å². The molecule has 10 heteroatoms. The normalized spacial score (nSPS) is 19.2. The Bertz CT molecular complexity index is 1240. The minimum atomic E-state index is -3.76. The fraction of sp³-hybridized carbons (Fsp3) is 0.621.